The first kappa shape index (κ1) is 15.7. The summed E-state index contributed by atoms with van der Waals surface area (Å²) in [4.78, 5) is 26.4. The zero-order chi connectivity index (χ0) is 17.1. The summed E-state index contributed by atoms with van der Waals surface area (Å²) >= 11 is 0. The number of amides is 1. The molecule has 0 aliphatic carbocycles. The Labute approximate surface area is 137 Å². The zero-order valence-electron chi connectivity index (χ0n) is 12.9. The standard InChI is InChI=1S/C17H15FN4O2/c1-11-2-7-15(17(24)19-11)20-16(23)10-13-8-9-22(21-13)14-5-3-12(18)4-6-14/h2-9H,10H2,1H3,(H,19,24)(H,20,23). The normalized spacial score (nSPS) is 10.6. The lowest BCUT2D eigenvalue weighted by Crippen LogP contribution is -2.21. The van der Waals surface area contributed by atoms with Gasteiger partial charge in [-0.05, 0) is 49.4 Å². The number of aryl methyl sites for hydroxylation is 1. The summed E-state index contributed by atoms with van der Waals surface area (Å²) in [7, 11) is 0. The minimum atomic E-state index is -0.347. The van der Waals surface area contributed by atoms with Crippen molar-refractivity contribution in [1.82, 2.24) is 14.8 Å². The van der Waals surface area contributed by atoms with Crippen LogP contribution in [0, 0.1) is 12.7 Å². The Morgan fingerprint density at radius 2 is 1.96 bits per heavy atom. The summed E-state index contributed by atoms with van der Waals surface area (Å²) in [5.74, 6) is -0.664. The molecule has 0 fully saturated rings. The molecule has 3 aromatic rings. The van der Waals surface area contributed by atoms with E-state index in [1.54, 1.807) is 48.1 Å². The molecule has 6 nitrogen and oxygen atoms in total. The van der Waals surface area contributed by atoms with Gasteiger partial charge in [0.1, 0.15) is 11.5 Å². The van der Waals surface area contributed by atoms with Crippen molar-refractivity contribution in [3.8, 4) is 5.69 Å². The van der Waals surface area contributed by atoms with Crippen LogP contribution in [0.4, 0.5) is 10.1 Å². The minimum Gasteiger partial charge on any atom is -0.325 e. The highest BCUT2D eigenvalue weighted by molar-refractivity contribution is 5.91. The number of carbonyl (C=O) groups excluding carboxylic acids is 1. The Morgan fingerprint density at radius 3 is 2.67 bits per heavy atom. The topological polar surface area (TPSA) is 79.8 Å². The molecule has 2 N–H and O–H groups in total. The number of rotatable bonds is 4. The van der Waals surface area contributed by atoms with E-state index in [0.717, 1.165) is 5.69 Å². The van der Waals surface area contributed by atoms with Gasteiger partial charge in [-0.2, -0.15) is 5.10 Å². The molecule has 2 heterocycles. The van der Waals surface area contributed by atoms with Crippen LogP contribution in [0.25, 0.3) is 5.69 Å². The SMILES string of the molecule is Cc1ccc(NC(=O)Cc2ccn(-c3ccc(F)cc3)n2)c(=O)[nH]1. The van der Waals surface area contributed by atoms with Crippen LogP contribution in [0.3, 0.4) is 0 Å². The lowest BCUT2D eigenvalue weighted by molar-refractivity contribution is -0.115. The molecule has 24 heavy (non-hydrogen) atoms. The molecule has 0 aliphatic heterocycles. The number of carbonyl (C=O) groups is 1. The molecular formula is C17H15FN4O2. The Morgan fingerprint density at radius 1 is 1.21 bits per heavy atom. The molecule has 0 aliphatic rings. The van der Waals surface area contributed by atoms with Crippen LogP contribution in [-0.2, 0) is 11.2 Å². The average Bonchev–Trinajstić information content (AvgIpc) is 2.99. The van der Waals surface area contributed by atoms with Gasteiger partial charge < -0.3 is 10.3 Å². The van der Waals surface area contributed by atoms with Gasteiger partial charge in [-0.25, -0.2) is 9.07 Å². The highest BCUT2D eigenvalue weighted by atomic mass is 19.1. The lowest BCUT2D eigenvalue weighted by Gasteiger charge is -2.04. The number of anilines is 1. The Balaban J connectivity index is 1.69. The molecule has 7 heteroatoms. The maximum atomic E-state index is 12.9. The van der Waals surface area contributed by atoms with Gasteiger partial charge in [0.15, 0.2) is 0 Å². The van der Waals surface area contributed by atoms with Crippen LogP contribution in [0.1, 0.15) is 11.4 Å². The quantitative estimate of drug-likeness (QED) is 0.771. The molecular weight excluding hydrogens is 311 g/mol. The smallest absolute Gasteiger partial charge is 0.271 e. The highest BCUT2D eigenvalue weighted by Gasteiger charge is 2.09. The Bertz CT molecular complexity index is 928. The molecule has 0 saturated heterocycles. The first-order valence-electron chi connectivity index (χ1n) is 7.31. The molecule has 0 bridgehead atoms. The van der Waals surface area contributed by atoms with E-state index < -0.39 is 0 Å². The zero-order valence-corrected chi connectivity index (χ0v) is 12.9. The van der Waals surface area contributed by atoms with Crippen LogP contribution in [0.2, 0.25) is 0 Å². The average molecular weight is 326 g/mol. The fourth-order valence-electron chi connectivity index (χ4n) is 2.22. The van der Waals surface area contributed by atoms with E-state index in [-0.39, 0.29) is 29.4 Å². The van der Waals surface area contributed by atoms with Crippen molar-refractivity contribution in [1.29, 1.82) is 0 Å². The molecule has 0 saturated carbocycles. The number of aromatic amines is 1. The Kier molecular flexibility index (Phi) is 4.24. The van der Waals surface area contributed by atoms with Gasteiger partial charge in [0.2, 0.25) is 5.91 Å². The van der Waals surface area contributed by atoms with E-state index in [0.29, 0.717) is 11.4 Å². The van der Waals surface area contributed by atoms with Crippen LogP contribution >= 0.6 is 0 Å². The number of hydrogen-bond acceptors (Lipinski definition) is 3. The van der Waals surface area contributed by atoms with E-state index >= 15 is 0 Å². The van der Waals surface area contributed by atoms with Gasteiger partial charge in [0.05, 0.1) is 17.8 Å². The molecule has 2 aromatic heterocycles. The van der Waals surface area contributed by atoms with E-state index in [1.165, 1.54) is 12.1 Å². The number of nitrogens with one attached hydrogen (secondary N) is 2. The van der Waals surface area contributed by atoms with Crippen LogP contribution in [0.15, 0.2) is 53.5 Å². The lowest BCUT2D eigenvalue weighted by atomic mass is 10.3. The third kappa shape index (κ3) is 3.57. The van der Waals surface area contributed by atoms with E-state index in [1.807, 2.05) is 0 Å². The van der Waals surface area contributed by atoms with Gasteiger partial charge in [-0.1, -0.05) is 0 Å². The van der Waals surface area contributed by atoms with Gasteiger partial charge in [0.25, 0.3) is 5.56 Å². The summed E-state index contributed by atoms with van der Waals surface area (Å²) in [6.07, 6.45) is 1.72. The second-order valence-corrected chi connectivity index (χ2v) is 5.34. The first-order valence-corrected chi connectivity index (χ1v) is 7.31. The van der Waals surface area contributed by atoms with Crippen molar-refractivity contribution in [3.05, 3.63) is 76.2 Å². The molecule has 1 aromatic carbocycles. The predicted octanol–water partition coefficient (Wildman–Crippen LogP) is 2.19. The largest absolute Gasteiger partial charge is 0.325 e. The van der Waals surface area contributed by atoms with Gasteiger partial charge >= 0.3 is 0 Å². The number of aromatic nitrogens is 3. The van der Waals surface area contributed by atoms with E-state index in [2.05, 4.69) is 15.4 Å². The van der Waals surface area contributed by atoms with Crippen molar-refractivity contribution in [3.63, 3.8) is 0 Å². The fourth-order valence-corrected chi connectivity index (χ4v) is 2.22. The van der Waals surface area contributed by atoms with Crippen LogP contribution in [0.5, 0.6) is 0 Å². The number of halogens is 1. The van der Waals surface area contributed by atoms with Gasteiger partial charge in [0, 0.05) is 11.9 Å². The van der Waals surface area contributed by atoms with E-state index in [9.17, 15) is 14.0 Å². The van der Waals surface area contributed by atoms with Crippen LogP contribution in [-0.4, -0.2) is 20.7 Å². The molecule has 3 rings (SSSR count). The van der Waals surface area contributed by atoms with Crippen molar-refractivity contribution in [2.24, 2.45) is 0 Å². The Hall–Kier alpha value is -3.22. The van der Waals surface area contributed by atoms with Gasteiger partial charge in [-0.3, -0.25) is 9.59 Å². The minimum absolute atomic E-state index is 0.0293. The highest BCUT2D eigenvalue weighted by Crippen LogP contribution is 2.09. The van der Waals surface area contributed by atoms with Crippen molar-refractivity contribution >= 4 is 11.6 Å². The summed E-state index contributed by atoms with van der Waals surface area (Å²) in [5, 5.41) is 6.84. The van der Waals surface area contributed by atoms with E-state index in [4.69, 9.17) is 0 Å². The number of pyridine rings is 1. The molecule has 0 spiro atoms. The van der Waals surface area contributed by atoms with Gasteiger partial charge in [-0.15, -0.1) is 0 Å². The summed E-state index contributed by atoms with van der Waals surface area (Å²) in [6, 6.07) is 10.8. The molecule has 0 radical (unpaired) electrons. The molecule has 122 valence electrons. The third-order valence-electron chi connectivity index (χ3n) is 3.41. The monoisotopic (exact) mass is 326 g/mol. The molecule has 0 atom stereocenters. The number of hydrogen-bond donors (Lipinski definition) is 2. The number of nitrogens with zero attached hydrogens (tertiary/aromatic N) is 2. The number of H-pyrrole nitrogens is 1. The van der Waals surface area contributed by atoms with Crippen molar-refractivity contribution in [2.45, 2.75) is 13.3 Å². The maximum Gasteiger partial charge on any atom is 0.271 e. The number of benzene rings is 1. The summed E-state index contributed by atoms with van der Waals surface area (Å²) < 4.78 is 14.5. The third-order valence-corrected chi connectivity index (χ3v) is 3.41. The van der Waals surface area contributed by atoms with Crippen molar-refractivity contribution in [2.75, 3.05) is 5.32 Å². The second-order valence-electron chi connectivity index (χ2n) is 5.34. The molecule has 1 amide bonds. The second kappa shape index (κ2) is 6.49. The van der Waals surface area contributed by atoms with Crippen LogP contribution < -0.4 is 10.9 Å². The summed E-state index contributed by atoms with van der Waals surface area (Å²) in [6.45, 7) is 1.76. The summed E-state index contributed by atoms with van der Waals surface area (Å²) in [5.41, 5.74) is 1.80. The molecule has 0 unspecified atom stereocenters. The first-order chi connectivity index (χ1) is 11.5. The predicted molar refractivity (Wildman–Crippen MR) is 87.7 cm³/mol. The maximum absolute atomic E-state index is 12.9. The van der Waals surface area contributed by atoms with Crippen molar-refractivity contribution < 1.29 is 9.18 Å². The fraction of sp³-hybridized carbons (Fsp3) is 0.118.